The van der Waals surface area contributed by atoms with E-state index in [0.29, 0.717) is 45.1 Å². The smallest absolute Gasteiger partial charge is 0.478 e. The van der Waals surface area contributed by atoms with Crippen LogP contribution < -0.4 is 4.74 Å². The van der Waals surface area contributed by atoms with Crippen molar-refractivity contribution in [2.24, 2.45) is 0 Å². The van der Waals surface area contributed by atoms with Crippen molar-refractivity contribution in [3.63, 3.8) is 0 Å². The molecule has 0 aliphatic carbocycles. The van der Waals surface area contributed by atoms with Crippen LogP contribution in [0.25, 0.3) is 39.1 Å². The molecule has 0 saturated heterocycles. The molecule has 8 nitrogen and oxygen atoms in total. The number of carboxylic acids is 1. The Labute approximate surface area is 207 Å². The number of hydrogen-bond acceptors (Lipinski definition) is 6. The van der Waals surface area contributed by atoms with Crippen LogP contribution in [0.1, 0.15) is 27.5 Å². The number of ether oxygens (including phenoxy) is 1. The predicted molar refractivity (Wildman–Crippen MR) is 128 cm³/mol. The maximum Gasteiger partial charge on any atom is 0.573 e. The van der Waals surface area contributed by atoms with Crippen molar-refractivity contribution < 1.29 is 32.3 Å². The third kappa shape index (κ3) is 4.28. The molecule has 0 radical (unpaired) electrons. The summed E-state index contributed by atoms with van der Waals surface area (Å²) < 4.78 is 51.5. The highest BCUT2D eigenvalue weighted by atomic mass is 19.4. The van der Waals surface area contributed by atoms with Crippen molar-refractivity contribution in [1.29, 1.82) is 0 Å². The second kappa shape index (κ2) is 8.77. The van der Waals surface area contributed by atoms with Crippen LogP contribution in [0.3, 0.4) is 0 Å². The minimum atomic E-state index is -5.04. The van der Waals surface area contributed by atoms with Gasteiger partial charge in [0.2, 0.25) is 0 Å². The SMILES string of the molecule is Cc1noc(C)c1-c1cnc2c(c1)c(-c1ccc(C(=O)O)cc1OC(F)(F)F)c(C)n2-c1ccccn1. The molecule has 0 amide bonds. The lowest BCUT2D eigenvalue weighted by Crippen LogP contribution is -2.18. The number of aryl methyl sites for hydroxylation is 2. The Balaban J connectivity index is 1.86. The van der Waals surface area contributed by atoms with E-state index < -0.39 is 18.1 Å². The first-order valence-electron chi connectivity index (χ1n) is 11.0. The lowest BCUT2D eigenvalue weighted by molar-refractivity contribution is -0.274. The Morgan fingerprint density at radius 1 is 1.05 bits per heavy atom. The normalized spacial score (nSPS) is 11.7. The fourth-order valence-electron chi connectivity index (χ4n) is 4.49. The predicted octanol–water partition coefficient (Wildman–Crippen LogP) is 6.26. The minimum Gasteiger partial charge on any atom is -0.478 e. The first-order valence-corrected chi connectivity index (χ1v) is 11.0. The largest absolute Gasteiger partial charge is 0.573 e. The molecule has 0 spiro atoms. The molecule has 1 aromatic carbocycles. The summed E-state index contributed by atoms with van der Waals surface area (Å²) in [6.45, 7) is 5.26. The standard InChI is InChI=1S/C26H19F3N4O4/c1-13-22(15(3)37-32-13)17-10-19-23(14(2)33(24(19)31-12-17)21-6-4-5-9-30-21)18-8-7-16(25(34)35)11-20(18)36-26(27,28)29/h4-12H,1-3H3,(H,34,35). The van der Waals surface area contributed by atoms with Gasteiger partial charge in [-0.1, -0.05) is 11.2 Å². The van der Waals surface area contributed by atoms with Crippen molar-refractivity contribution in [2.75, 3.05) is 0 Å². The van der Waals surface area contributed by atoms with Gasteiger partial charge in [-0.2, -0.15) is 0 Å². The first-order chi connectivity index (χ1) is 17.5. The number of aromatic nitrogens is 4. The molecule has 0 fully saturated rings. The van der Waals surface area contributed by atoms with Gasteiger partial charge in [0.05, 0.1) is 11.3 Å². The molecule has 4 aromatic heterocycles. The summed E-state index contributed by atoms with van der Waals surface area (Å²) in [4.78, 5) is 20.5. The van der Waals surface area contributed by atoms with Gasteiger partial charge in [0, 0.05) is 45.7 Å². The number of aromatic carboxylic acids is 1. The van der Waals surface area contributed by atoms with Crippen molar-refractivity contribution in [3.8, 4) is 33.8 Å². The number of benzene rings is 1. The summed E-state index contributed by atoms with van der Waals surface area (Å²) in [6, 6.07) is 10.5. The van der Waals surface area contributed by atoms with E-state index in [1.165, 1.54) is 12.1 Å². The van der Waals surface area contributed by atoms with E-state index in [9.17, 15) is 23.1 Å². The van der Waals surface area contributed by atoms with Gasteiger partial charge in [-0.15, -0.1) is 13.2 Å². The molecule has 37 heavy (non-hydrogen) atoms. The molecule has 0 saturated carbocycles. The fraction of sp³-hybridized carbons (Fsp3) is 0.154. The van der Waals surface area contributed by atoms with E-state index in [4.69, 9.17) is 4.52 Å². The molecule has 5 rings (SSSR count). The number of fused-ring (bicyclic) bond motifs is 1. The zero-order valence-electron chi connectivity index (χ0n) is 19.8. The average molecular weight is 508 g/mol. The van der Waals surface area contributed by atoms with Gasteiger partial charge in [0.25, 0.3) is 0 Å². The maximum atomic E-state index is 13.4. The summed E-state index contributed by atoms with van der Waals surface area (Å²) in [7, 11) is 0. The van der Waals surface area contributed by atoms with Crippen molar-refractivity contribution >= 4 is 17.0 Å². The van der Waals surface area contributed by atoms with Crippen LogP contribution in [0.4, 0.5) is 13.2 Å². The number of hydrogen-bond donors (Lipinski definition) is 1. The lowest BCUT2D eigenvalue weighted by Gasteiger charge is -2.15. The number of nitrogens with zero attached hydrogens (tertiary/aromatic N) is 4. The molecule has 0 aliphatic rings. The number of halogens is 3. The highest BCUT2D eigenvalue weighted by Crippen LogP contribution is 2.43. The topological polar surface area (TPSA) is 103 Å². The van der Waals surface area contributed by atoms with E-state index in [2.05, 4.69) is 19.9 Å². The van der Waals surface area contributed by atoms with Crippen LogP contribution in [0.15, 0.2) is 59.4 Å². The summed E-state index contributed by atoms with van der Waals surface area (Å²) in [5.41, 5.74) is 3.08. The van der Waals surface area contributed by atoms with Crippen molar-refractivity contribution in [1.82, 2.24) is 19.7 Å². The summed E-state index contributed by atoms with van der Waals surface area (Å²) in [5.74, 6) is -0.950. The van der Waals surface area contributed by atoms with Crippen LogP contribution in [-0.2, 0) is 0 Å². The monoisotopic (exact) mass is 508 g/mol. The van der Waals surface area contributed by atoms with Crippen molar-refractivity contribution in [3.05, 3.63) is 77.6 Å². The number of carboxylic acid groups (broad SMARTS) is 1. The Morgan fingerprint density at radius 3 is 2.46 bits per heavy atom. The lowest BCUT2D eigenvalue weighted by atomic mass is 9.98. The number of alkyl halides is 3. The summed E-state index contributed by atoms with van der Waals surface area (Å²) >= 11 is 0. The molecule has 0 aliphatic heterocycles. The van der Waals surface area contributed by atoms with Crippen LogP contribution >= 0.6 is 0 Å². The molecular weight excluding hydrogens is 489 g/mol. The number of carbonyl (C=O) groups is 1. The zero-order valence-corrected chi connectivity index (χ0v) is 19.8. The highest BCUT2D eigenvalue weighted by molar-refractivity contribution is 6.01. The molecule has 4 heterocycles. The molecule has 5 aromatic rings. The third-order valence-corrected chi connectivity index (χ3v) is 5.97. The molecule has 11 heteroatoms. The Morgan fingerprint density at radius 2 is 1.84 bits per heavy atom. The van der Waals surface area contributed by atoms with E-state index in [1.807, 2.05) is 0 Å². The van der Waals surface area contributed by atoms with Gasteiger partial charge in [-0.3, -0.25) is 4.57 Å². The Hall–Kier alpha value is -4.67. The van der Waals surface area contributed by atoms with Crippen molar-refractivity contribution in [2.45, 2.75) is 27.1 Å². The van der Waals surface area contributed by atoms with Gasteiger partial charge >= 0.3 is 12.3 Å². The third-order valence-electron chi connectivity index (χ3n) is 5.97. The molecule has 0 bridgehead atoms. The average Bonchev–Trinajstić information content (AvgIpc) is 3.33. The molecule has 0 unspecified atom stereocenters. The molecular formula is C26H19F3N4O4. The van der Waals surface area contributed by atoms with Gasteiger partial charge in [-0.05, 0) is 57.2 Å². The molecule has 188 valence electrons. The number of rotatable bonds is 5. The summed E-state index contributed by atoms with van der Waals surface area (Å²) in [5, 5.41) is 13.9. The van der Waals surface area contributed by atoms with Crippen LogP contribution in [0.5, 0.6) is 5.75 Å². The highest BCUT2D eigenvalue weighted by Gasteiger charge is 2.34. The van der Waals surface area contributed by atoms with Crippen LogP contribution in [0, 0.1) is 20.8 Å². The second-order valence-electron chi connectivity index (χ2n) is 8.34. The van der Waals surface area contributed by atoms with Crippen LogP contribution in [0.2, 0.25) is 0 Å². The Bertz CT molecular complexity index is 1640. The van der Waals surface area contributed by atoms with Gasteiger partial charge < -0.3 is 14.4 Å². The maximum absolute atomic E-state index is 13.4. The number of pyridine rings is 2. The van der Waals surface area contributed by atoms with Gasteiger partial charge in [0.15, 0.2) is 0 Å². The second-order valence-corrected chi connectivity index (χ2v) is 8.34. The summed E-state index contributed by atoms with van der Waals surface area (Å²) in [6.07, 6.45) is -1.81. The van der Waals surface area contributed by atoms with E-state index in [0.717, 1.165) is 11.6 Å². The fourth-order valence-corrected chi connectivity index (χ4v) is 4.49. The molecule has 1 N–H and O–H groups in total. The van der Waals surface area contributed by atoms with E-state index in [-0.39, 0.29) is 11.1 Å². The van der Waals surface area contributed by atoms with Gasteiger partial charge in [-0.25, -0.2) is 14.8 Å². The quantitative estimate of drug-likeness (QED) is 0.299. The van der Waals surface area contributed by atoms with Crippen LogP contribution in [-0.4, -0.2) is 37.1 Å². The van der Waals surface area contributed by atoms with E-state index >= 15 is 0 Å². The zero-order chi connectivity index (χ0) is 26.5. The van der Waals surface area contributed by atoms with Gasteiger partial charge in [0.1, 0.15) is 23.0 Å². The molecule has 0 atom stereocenters. The minimum absolute atomic E-state index is 0.0530. The Kier molecular flexibility index (Phi) is 5.70. The first kappa shape index (κ1) is 24.0. The van der Waals surface area contributed by atoms with E-state index in [1.54, 1.807) is 62.0 Å².